The molecule has 26 aromatic rings. The van der Waals surface area contributed by atoms with E-state index in [4.69, 9.17) is 13.3 Å². The van der Waals surface area contributed by atoms with Gasteiger partial charge in [-0.3, -0.25) is 0 Å². The van der Waals surface area contributed by atoms with Crippen molar-refractivity contribution in [3.8, 4) is 89.0 Å². The fourth-order valence-corrected chi connectivity index (χ4v) is 19.9. The van der Waals surface area contributed by atoms with Gasteiger partial charge in [-0.1, -0.05) is 419 Å². The van der Waals surface area contributed by atoms with Crippen molar-refractivity contribution in [1.82, 2.24) is 0 Å². The van der Waals surface area contributed by atoms with Crippen LogP contribution in [0.15, 0.2) is 462 Å². The summed E-state index contributed by atoms with van der Waals surface area (Å²) in [4.78, 5) is 0. The molecular weight excluding hydrogens is 1490 g/mol. The Bertz CT molecular complexity index is 8580. The van der Waals surface area contributed by atoms with Crippen LogP contribution in [0, 0.1) is 0 Å². The maximum absolute atomic E-state index is 6.54. The zero-order valence-corrected chi connectivity index (χ0v) is 66.9. The third-order valence-electron chi connectivity index (χ3n) is 25.4. The van der Waals surface area contributed by atoms with Crippen molar-refractivity contribution >= 4 is 163 Å². The number of benzene rings is 23. The highest BCUT2D eigenvalue weighted by Gasteiger charge is 2.25. The summed E-state index contributed by atoms with van der Waals surface area (Å²) in [6, 6.07) is 161. The molecule has 0 amide bonds. The van der Waals surface area contributed by atoms with Crippen LogP contribution in [-0.2, 0) is 0 Å². The zero-order chi connectivity index (χ0) is 81.0. The summed E-state index contributed by atoms with van der Waals surface area (Å²) in [7, 11) is 0. The average molecular weight is 1560 g/mol. The molecule has 0 fully saturated rings. The van der Waals surface area contributed by atoms with E-state index in [1.807, 2.05) is 24.3 Å². The predicted octanol–water partition coefficient (Wildman–Crippen LogP) is 34.5. The highest BCUT2D eigenvalue weighted by atomic mass is 16.3. The van der Waals surface area contributed by atoms with Crippen molar-refractivity contribution in [3.05, 3.63) is 449 Å². The summed E-state index contributed by atoms with van der Waals surface area (Å²) in [5, 5.41) is 29.4. The van der Waals surface area contributed by atoms with Crippen LogP contribution in [-0.4, -0.2) is 0 Å². The number of para-hydroxylation sites is 6. The van der Waals surface area contributed by atoms with Gasteiger partial charge >= 0.3 is 0 Å². The summed E-state index contributed by atoms with van der Waals surface area (Å²) >= 11 is 0. The van der Waals surface area contributed by atoms with Crippen molar-refractivity contribution < 1.29 is 13.3 Å². The minimum atomic E-state index is 0.918. The fourth-order valence-electron chi connectivity index (χ4n) is 19.9. The van der Waals surface area contributed by atoms with E-state index in [0.717, 1.165) is 88.1 Å². The minimum absolute atomic E-state index is 0.918. The van der Waals surface area contributed by atoms with E-state index in [1.54, 1.807) is 0 Å². The smallest absolute Gasteiger partial charge is 0.143 e. The molecule has 0 N–H and O–H groups in total. The Morgan fingerprint density at radius 3 is 0.748 bits per heavy atom. The number of fused-ring (bicyclic) bond motifs is 18. The number of furan rings is 3. The van der Waals surface area contributed by atoms with Crippen LogP contribution in [0.3, 0.4) is 0 Å². The summed E-state index contributed by atoms with van der Waals surface area (Å²) in [5.41, 5.74) is 25.1. The predicted molar refractivity (Wildman–Crippen MR) is 522 cm³/mol. The first-order valence-corrected chi connectivity index (χ1v) is 42.3. The summed E-state index contributed by atoms with van der Waals surface area (Å²) < 4.78 is 19.4. The van der Waals surface area contributed by atoms with Crippen molar-refractivity contribution in [2.45, 2.75) is 0 Å². The van der Waals surface area contributed by atoms with Gasteiger partial charge in [0.05, 0.1) is 0 Å². The minimum Gasteiger partial charge on any atom is -0.455 e. The van der Waals surface area contributed by atoms with Crippen LogP contribution in [0.2, 0.25) is 0 Å². The second kappa shape index (κ2) is 29.4. The Morgan fingerprint density at radius 2 is 0.358 bits per heavy atom. The summed E-state index contributed by atoms with van der Waals surface area (Å²) in [6.07, 6.45) is 0. The first-order chi connectivity index (χ1) is 61.1. The van der Waals surface area contributed by atoms with Crippen molar-refractivity contribution in [2.75, 3.05) is 0 Å². The molecule has 23 aromatic carbocycles. The lowest BCUT2D eigenvalue weighted by Gasteiger charge is -2.19. The monoisotopic (exact) mass is 1560 g/mol. The molecule has 0 unspecified atom stereocenters. The Morgan fingerprint density at radius 1 is 0.114 bits per heavy atom. The van der Waals surface area contributed by atoms with Gasteiger partial charge in [0.25, 0.3) is 0 Å². The molecule has 0 bridgehead atoms. The second-order valence-corrected chi connectivity index (χ2v) is 32.1. The first kappa shape index (κ1) is 71.0. The molecular formula is C120H74O3. The SMILES string of the molecule is c1ccc(-c2ccc3cc(-c4c5ccccc5c(-c5cccc6c5oc5ccccc56)c5ccccc45)ccc3c2)cc1.c1ccc2c(-c3c4ccccc4c(-c4ccc(-c5cccc6c5oc5ccccc56)cc4)c4ccccc34)cccc2c1.c1ccc2c(-c3c4ccccc4c(-c4cccc5c4oc4ccccc45)c4ccccc34)cccc2c1. The van der Waals surface area contributed by atoms with E-state index in [0.29, 0.717) is 0 Å². The van der Waals surface area contributed by atoms with Crippen molar-refractivity contribution in [2.24, 2.45) is 0 Å². The molecule has 572 valence electrons. The molecule has 0 atom stereocenters. The molecule has 3 aromatic heterocycles. The molecule has 3 heterocycles. The van der Waals surface area contributed by atoms with Crippen LogP contribution in [0.5, 0.6) is 0 Å². The van der Waals surface area contributed by atoms with Crippen LogP contribution >= 0.6 is 0 Å². The Hall–Kier alpha value is -16.2. The molecule has 0 aliphatic rings. The molecule has 0 aliphatic carbocycles. The molecule has 3 heteroatoms. The van der Waals surface area contributed by atoms with E-state index >= 15 is 0 Å². The van der Waals surface area contributed by atoms with Gasteiger partial charge in [-0.2, -0.15) is 0 Å². The number of rotatable bonds is 8. The van der Waals surface area contributed by atoms with Crippen molar-refractivity contribution in [1.29, 1.82) is 0 Å². The van der Waals surface area contributed by atoms with Gasteiger partial charge in [0.1, 0.15) is 33.5 Å². The normalized spacial score (nSPS) is 11.7. The van der Waals surface area contributed by atoms with E-state index in [2.05, 4.69) is 425 Å². The van der Waals surface area contributed by atoms with Gasteiger partial charge in [0.15, 0.2) is 0 Å². The van der Waals surface area contributed by atoms with Crippen molar-refractivity contribution in [3.63, 3.8) is 0 Å². The first-order valence-electron chi connectivity index (χ1n) is 42.3. The standard InChI is InChI=1S/2C42H26O.C36H22O/c1-2-13-30-27(11-1)12-9-20-33(30)41-36-17-5-3-15-34(36)40(35-16-4-6-18-37(35)41)29-25-23-28(24-26-29)31-19-10-21-38-32-14-7-8-22-39(32)43-42(31)38;1-2-11-27(12-3-1)28-21-22-30-26-31(24-23-29(30)25-28)40-33-14-4-6-16-35(33)41(36-17-7-5-15-34(36)40)38-19-10-18-37-32-13-8-9-20-39(32)43-42(37)38;1-2-13-24-23(11-1)12-9-19-26(24)34-27-15-3-5-17-29(27)35(30-18-6-4-16-28(30)34)32-21-10-20-31-25-14-7-8-22-33(25)37-36(31)32/h2*1-26H;1-22H. The summed E-state index contributed by atoms with van der Waals surface area (Å²) in [5.74, 6) is 0. The fraction of sp³-hybridized carbons (Fsp3) is 0. The van der Waals surface area contributed by atoms with Gasteiger partial charge in [-0.05, 0) is 188 Å². The van der Waals surface area contributed by atoms with E-state index in [1.165, 1.54) is 164 Å². The lowest BCUT2D eigenvalue weighted by atomic mass is 9.84. The van der Waals surface area contributed by atoms with E-state index in [-0.39, 0.29) is 0 Å². The third-order valence-corrected chi connectivity index (χ3v) is 25.4. The van der Waals surface area contributed by atoms with Gasteiger partial charge in [-0.15, -0.1) is 0 Å². The average Bonchev–Trinajstić information content (AvgIpc) is 1.56. The van der Waals surface area contributed by atoms with E-state index in [9.17, 15) is 0 Å². The molecule has 0 saturated carbocycles. The Labute approximate surface area is 709 Å². The van der Waals surface area contributed by atoms with Gasteiger partial charge in [0, 0.05) is 60.1 Å². The van der Waals surface area contributed by atoms with Gasteiger partial charge in [0.2, 0.25) is 0 Å². The Kier molecular flexibility index (Phi) is 17.0. The van der Waals surface area contributed by atoms with Gasteiger partial charge in [-0.25, -0.2) is 0 Å². The lowest BCUT2D eigenvalue weighted by molar-refractivity contribution is 0.669. The highest BCUT2D eigenvalue weighted by Crippen LogP contribution is 2.52. The molecule has 0 radical (unpaired) electrons. The molecule has 0 spiro atoms. The van der Waals surface area contributed by atoms with Crippen LogP contribution in [0.4, 0.5) is 0 Å². The van der Waals surface area contributed by atoms with Gasteiger partial charge < -0.3 is 13.3 Å². The van der Waals surface area contributed by atoms with E-state index < -0.39 is 0 Å². The molecule has 123 heavy (non-hydrogen) atoms. The van der Waals surface area contributed by atoms with Crippen LogP contribution in [0.1, 0.15) is 0 Å². The maximum atomic E-state index is 6.54. The number of hydrogen-bond donors (Lipinski definition) is 0. The molecule has 26 rings (SSSR count). The molecule has 3 nitrogen and oxygen atoms in total. The largest absolute Gasteiger partial charge is 0.455 e. The van der Waals surface area contributed by atoms with Crippen LogP contribution in [0.25, 0.3) is 252 Å². The maximum Gasteiger partial charge on any atom is 0.143 e. The molecule has 0 aliphatic heterocycles. The number of hydrogen-bond acceptors (Lipinski definition) is 3. The van der Waals surface area contributed by atoms with Crippen LogP contribution < -0.4 is 0 Å². The molecule has 0 saturated heterocycles. The topological polar surface area (TPSA) is 39.4 Å². The highest BCUT2D eigenvalue weighted by molar-refractivity contribution is 6.29. The summed E-state index contributed by atoms with van der Waals surface area (Å²) in [6.45, 7) is 0. The third kappa shape index (κ3) is 11.8. The zero-order valence-electron chi connectivity index (χ0n) is 66.9. The second-order valence-electron chi connectivity index (χ2n) is 32.1. The lowest BCUT2D eigenvalue weighted by Crippen LogP contribution is -1.91. The Balaban J connectivity index is 0.000000104. The quantitative estimate of drug-likeness (QED) is 0.142.